The van der Waals surface area contributed by atoms with E-state index in [2.05, 4.69) is 30.6 Å². The molecule has 7 heteroatoms. The van der Waals surface area contributed by atoms with Crippen molar-refractivity contribution >= 4 is 0 Å². The van der Waals surface area contributed by atoms with Gasteiger partial charge in [-0.1, -0.05) is 33.6 Å². The van der Waals surface area contributed by atoms with E-state index in [1.54, 1.807) is 0 Å². The van der Waals surface area contributed by atoms with Gasteiger partial charge in [0.2, 0.25) is 0 Å². The fraction of sp³-hybridized carbons (Fsp3) is 1.00. The van der Waals surface area contributed by atoms with Crippen LogP contribution in [0.1, 0.15) is 62.1 Å². The molecule has 1 aliphatic heterocycles. The Morgan fingerprint density at radius 3 is 2.36 bits per heavy atom. The fourth-order valence-electron chi connectivity index (χ4n) is 3.00. The van der Waals surface area contributed by atoms with Crippen molar-refractivity contribution in [3.05, 3.63) is 0 Å². The first-order valence-electron chi connectivity index (χ1n) is 9.54. The van der Waals surface area contributed by atoms with Gasteiger partial charge in [0.25, 0.3) is 0 Å². The minimum atomic E-state index is 0. The van der Waals surface area contributed by atoms with Crippen LogP contribution in [0.15, 0.2) is 0 Å². The van der Waals surface area contributed by atoms with E-state index in [9.17, 15) is 0 Å². The van der Waals surface area contributed by atoms with Crippen LogP contribution in [0.2, 0.25) is 0 Å². The molecule has 0 bridgehead atoms. The summed E-state index contributed by atoms with van der Waals surface area (Å²) in [5.41, 5.74) is 11.5. The number of nitrogens with zero attached hydrogens (tertiary/aromatic N) is 1. The highest BCUT2D eigenvalue weighted by molar-refractivity contribution is 4.78. The molecule has 0 radical (unpaired) electrons. The number of hydrogen-bond donors (Lipinski definition) is 3. The van der Waals surface area contributed by atoms with Crippen molar-refractivity contribution in [3.8, 4) is 0 Å². The van der Waals surface area contributed by atoms with Gasteiger partial charge in [-0.05, 0) is 31.1 Å². The highest BCUT2D eigenvalue weighted by atomic mass is 17.1. The minimum absolute atomic E-state index is 0. The summed E-state index contributed by atoms with van der Waals surface area (Å²) in [4.78, 5) is 6.42. The van der Waals surface area contributed by atoms with Crippen molar-refractivity contribution in [3.63, 3.8) is 0 Å². The number of ether oxygens (including phenoxy) is 2. The third-order valence-corrected chi connectivity index (χ3v) is 5.05. The van der Waals surface area contributed by atoms with Crippen molar-refractivity contribution in [2.75, 3.05) is 33.2 Å². The minimum Gasteiger partial charge on any atom is -0.365 e. The Morgan fingerprint density at radius 1 is 1.16 bits per heavy atom. The molecule has 25 heavy (non-hydrogen) atoms. The highest BCUT2D eigenvalue weighted by Crippen LogP contribution is 2.20. The van der Waals surface area contributed by atoms with E-state index in [-0.39, 0.29) is 20.4 Å². The van der Waals surface area contributed by atoms with E-state index < -0.39 is 0 Å². The summed E-state index contributed by atoms with van der Waals surface area (Å²) in [6.07, 6.45) is 7.02. The van der Waals surface area contributed by atoms with Crippen molar-refractivity contribution in [2.24, 2.45) is 16.9 Å². The summed E-state index contributed by atoms with van der Waals surface area (Å²) < 4.78 is 11.0. The van der Waals surface area contributed by atoms with Crippen LogP contribution in [-0.4, -0.2) is 61.6 Å². The molecule has 2 fully saturated rings. The van der Waals surface area contributed by atoms with Gasteiger partial charge in [-0.15, -0.1) is 0 Å². The second-order valence-corrected chi connectivity index (χ2v) is 8.13. The lowest BCUT2D eigenvalue weighted by Gasteiger charge is -2.29. The van der Waals surface area contributed by atoms with Crippen molar-refractivity contribution in [2.45, 2.75) is 77.5 Å². The second-order valence-electron chi connectivity index (χ2n) is 8.13. The molecular weight excluding hydrogens is 322 g/mol. The van der Waals surface area contributed by atoms with Crippen LogP contribution in [0, 0.1) is 5.41 Å². The summed E-state index contributed by atoms with van der Waals surface area (Å²) >= 11 is 0. The summed E-state index contributed by atoms with van der Waals surface area (Å²) in [5, 5.41) is 8.07. The Kier molecular flexibility index (Phi) is 11.1. The van der Waals surface area contributed by atoms with Gasteiger partial charge in [0, 0.05) is 21.5 Å². The molecular formula is C18H43N3O4. The Balaban J connectivity index is 0. The van der Waals surface area contributed by atoms with Gasteiger partial charge in [0.05, 0.1) is 32.8 Å². The molecule has 0 aromatic rings. The molecule has 0 aromatic heterocycles. The van der Waals surface area contributed by atoms with Gasteiger partial charge >= 0.3 is 0 Å². The molecule has 2 atom stereocenters. The van der Waals surface area contributed by atoms with Gasteiger partial charge in [-0.25, -0.2) is 4.89 Å². The molecule has 1 saturated carbocycles. The van der Waals surface area contributed by atoms with Crippen molar-refractivity contribution in [1.82, 2.24) is 4.90 Å². The van der Waals surface area contributed by atoms with Crippen LogP contribution in [0.25, 0.3) is 0 Å². The van der Waals surface area contributed by atoms with Crippen molar-refractivity contribution < 1.29 is 22.5 Å². The predicted octanol–water partition coefficient (Wildman–Crippen LogP) is 2.64. The third-order valence-electron chi connectivity index (χ3n) is 5.05. The number of hydrogen-bond acceptors (Lipinski definition) is 7. The van der Waals surface area contributed by atoms with E-state index in [0.29, 0.717) is 32.7 Å². The molecule has 0 spiro atoms. The van der Waals surface area contributed by atoms with Gasteiger partial charge < -0.3 is 20.9 Å². The molecule has 0 amide bonds. The smallest absolute Gasteiger partial charge is 0.0994 e. The molecule has 5 N–H and O–H groups in total. The summed E-state index contributed by atoms with van der Waals surface area (Å²) in [7, 11) is 0. The van der Waals surface area contributed by atoms with Crippen LogP contribution in [0.4, 0.5) is 0 Å². The van der Waals surface area contributed by atoms with Gasteiger partial charge in [0.15, 0.2) is 0 Å². The zero-order valence-corrected chi connectivity index (χ0v) is 16.3. The lowest BCUT2D eigenvalue weighted by molar-refractivity contribution is -0.276. The Morgan fingerprint density at radius 2 is 1.84 bits per heavy atom. The summed E-state index contributed by atoms with van der Waals surface area (Å²) in [5.74, 6) is 0. The van der Waals surface area contributed by atoms with E-state index in [1.165, 1.54) is 19.3 Å². The quantitative estimate of drug-likeness (QED) is 0.345. The lowest BCUT2D eigenvalue weighted by Crippen LogP contribution is -2.41. The number of likely N-dealkylation sites (tertiary alicyclic amines) is 1. The van der Waals surface area contributed by atoms with Crippen molar-refractivity contribution in [1.29, 1.82) is 0 Å². The van der Waals surface area contributed by atoms with Crippen LogP contribution in [0.3, 0.4) is 0 Å². The Hall–Kier alpha value is -0.280. The van der Waals surface area contributed by atoms with Crippen LogP contribution in [0.5, 0.6) is 0 Å². The largest absolute Gasteiger partial charge is 0.365 e. The highest BCUT2D eigenvalue weighted by Gasteiger charge is 2.25. The van der Waals surface area contributed by atoms with Gasteiger partial charge in [-0.2, -0.15) is 0 Å². The average Bonchev–Trinajstić information content (AvgIpc) is 3.24. The monoisotopic (exact) mass is 365 g/mol. The SMILES string of the molecule is CC(C)(C)[C@H](N)COCN1CCC[C@H]1COCN.OOC1CCCC1.[HH].[HH]. The molecule has 0 aromatic carbocycles. The zero-order valence-electron chi connectivity index (χ0n) is 16.3. The molecule has 154 valence electrons. The molecule has 2 aliphatic rings. The normalized spacial score (nSPS) is 23.5. The first kappa shape index (κ1) is 22.8. The molecule has 1 saturated heterocycles. The first-order chi connectivity index (χ1) is 11.9. The molecule has 2 rings (SSSR count). The number of rotatable bonds is 8. The van der Waals surface area contributed by atoms with E-state index in [1.807, 2.05) is 0 Å². The molecule has 1 aliphatic carbocycles. The van der Waals surface area contributed by atoms with Gasteiger partial charge in [0.1, 0.15) is 0 Å². The van der Waals surface area contributed by atoms with Gasteiger partial charge in [-0.3, -0.25) is 10.2 Å². The Bertz CT molecular complexity index is 343. The van der Waals surface area contributed by atoms with E-state index in [0.717, 1.165) is 25.8 Å². The fourth-order valence-corrected chi connectivity index (χ4v) is 3.00. The topological polar surface area (TPSA) is 103 Å². The maximum atomic E-state index is 8.07. The maximum absolute atomic E-state index is 8.07. The summed E-state index contributed by atoms with van der Waals surface area (Å²) in [6.45, 7) is 9.71. The maximum Gasteiger partial charge on any atom is 0.0994 e. The molecule has 1 heterocycles. The van der Waals surface area contributed by atoms with E-state index in [4.69, 9.17) is 26.2 Å². The third kappa shape index (κ3) is 9.28. The molecule has 7 nitrogen and oxygen atoms in total. The zero-order chi connectivity index (χ0) is 18.7. The standard InChI is InChI=1S/C13H29N3O2.C5H10O2.2H2/c1-13(2,3)12(15)8-18-10-16-6-4-5-11(16)7-17-9-14;6-7-5-3-1-2-4-5;;/h11-12H,4-10,14-15H2,1-3H3;5-6H,1-4H2;2*1H/t11-,12+;;;/m0.../s1. The Labute approximate surface area is 155 Å². The lowest BCUT2D eigenvalue weighted by atomic mass is 9.88. The number of nitrogens with two attached hydrogens (primary N) is 2. The average molecular weight is 366 g/mol. The van der Waals surface area contributed by atoms with Crippen LogP contribution in [-0.2, 0) is 14.4 Å². The van der Waals surface area contributed by atoms with Crippen LogP contribution >= 0.6 is 0 Å². The second kappa shape index (κ2) is 12.2. The first-order valence-corrected chi connectivity index (χ1v) is 9.54. The predicted molar refractivity (Wildman–Crippen MR) is 103 cm³/mol. The summed E-state index contributed by atoms with van der Waals surface area (Å²) in [6, 6.07) is 0.512. The van der Waals surface area contributed by atoms with Crippen LogP contribution < -0.4 is 11.5 Å². The molecule has 0 unspecified atom stereocenters. The van der Waals surface area contributed by atoms with E-state index >= 15 is 0 Å².